The van der Waals surface area contributed by atoms with Gasteiger partial charge in [0.15, 0.2) is 0 Å². The molecule has 1 N–H and O–H groups in total. The Morgan fingerprint density at radius 3 is 2.59 bits per heavy atom. The van der Waals surface area contributed by atoms with Crippen LogP contribution < -0.4 is 5.32 Å². The summed E-state index contributed by atoms with van der Waals surface area (Å²) in [6, 6.07) is 1.23. The summed E-state index contributed by atoms with van der Waals surface area (Å²) in [5, 5.41) is 3.54. The van der Waals surface area contributed by atoms with E-state index < -0.39 is 0 Å². The molecule has 0 amide bonds. The van der Waals surface area contributed by atoms with Crippen LogP contribution in [-0.4, -0.2) is 50.3 Å². The van der Waals surface area contributed by atoms with Crippen LogP contribution in [0.1, 0.15) is 26.7 Å². The Bertz CT molecular complexity index is 214. The first-order valence-electron chi connectivity index (χ1n) is 6.75. The maximum Gasteiger partial charge on any atom is 0.0630 e. The first-order valence-corrected chi connectivity index (χ1v) is 6.75. The van der Waals surface area contributed by atoms with Crippen LogP contribution in [-0.2, 0) is 4.74 Å². The fraction of sp³-hybridized carbons (Fsp3) is 0.857. The van der Waals surface area contributed by atoms with E-state index in [2.05, 4.69) is 30.6 Å². The van der Waals surface area contributed by atoms with Crippen molar-refractivity contribution in [3.8, 4) is 0 Å². The van der Waals surface area contributed by atoms with Crippen molar-refractivity contribution in [3.63, 3.8) is 0 Å². The number of nitrogens with one attached hydrogen (secondary N) is 1. The molecule has 0 saturated heterocycles. The number of methoxy groups -OCH3 is 1. The lowest BCUT2D eigenvalue weighted by atomic mass is 10.2. The Labute approximate surface area is 106 Å². The van der Waals surface area contributed by atoms with Gasteiger partial charge in [0.2, 0.25) is 0 Å². The van der Waals surface area contributed by atoms with Gasteiger partial charge in [-0.2, -0.15) is 0 Å². The lowest BCUT2D eigenvalue weighted by Gasteiger charge is -2.31. The zero-order chi connectivity index (χ0) is 12.7. The van der Waals surface area contributed by atoms with Crippen LogP contribution in [0.3, 0.4) is 0 Å². The van der Waals surface area contributed by atoms with Crippen molar-refractivity contribution >= 4 is 0 Å². The summed E-state index contributed by atoms with van der Waals surface area (Å²) in [5.74, 6) is 0.701. The van der Waals surface area contributed by atoms with Crippen LogP contribution in [0.25, 0.3) is 0 Å². The van der Waals surface area contributed by atoms with Gasteiger partial charge >= 0.3 is 0 Å². The maximum absolute atomic E-state index is 5.35. The van der Waals surface area contributed by atoms with Crippen molar-refractivity contribution in [1.29, 1.82) is 0 Å². The van der Waals surface area contributed by atoms with Crippen LogP contribution in [0, 0.1) is 5.92 Å². The fourth-order valence-corrected chi connectivity index (χ4v) is 2.15. The molecular formula is C14H28N2O. The summed E-state index contributed by atoms with van der Waals surface area (Å²) in [6.07, 6.45) is 4.67. The average molecular weight is 240 g/mol. The van der Waals surface area contributed by atoms with Crippen molar-refractivity contribution in [2.75, 3.05) is 33.4 Å². The molecule has 3 nitrogen and oxygen atoms in total. The number of rotatable bonds is 10. The molecule has 17 heavy (non-hydrogen) atoms. The molecule has 1 aliphatic rings. The third-order valence-electron chi connectivity index (χ3n) is 3.12. The average Bonchev–Trinajstić information content (AvgIpc) is 3.08. The normalized spacial score (nSPS) is 17.7. The molecule has 1 fully saturated rings. The highest BCUT2D eigenvalue weighted by atomic mass is 16.5. The molecular weight excluding hydrogens is 212 g/mol. The lowest BCUT2D eigenvalue weighted by Crippen LogP contribution is -2.47. The van der Waals surface area contributed by atoms with Crippen molar-refractivity contribution in [3.05, 3.63) is 12.7 Å². The zero-order valence-corrected chi connectivity index (χ0v) is 11.6. The SMILES string of the molecule is C=CCN(C1CC1)C(CNCC(C)C)COC. The molecule has 100 valence electrons. The van der Waals surface area contributed by atoms with Crippen molar-refractivity contribution in [1.82, 2.24) is 10.2 Å². The highest BCUT2D eigenvalue weighted by molar-refractivity contribution is 4.92. The molecule has 0 aromatic rings. The first kappa shape index (κ1) is 14.7. The second-order valence-corrected chi connectivity index (χ2v) is 5.38. The lowest BCUT2D eigenvalue weighted by molar-refractivity contribution is 0.0912. The maximum atomic E-state index is 5.35. The minimum Gasteiger partial charge on any atom is -0.383 e. The van der Waals surface area contributed by atoms with E-state index in [1.54, 1.807) is 7.11 Å². The summed E-state index contributed by atoms with van der Waals surface area (Å²) in [6.45, 7) is 12.2. The molecule has 3 heteroatoms. The van der Waals surface area contributed by atoms with E-state index in [0.29, 0.717) is 12.0 Å². The van der Waals surface area contributed by atoms with Gasteiger partial charge in [-0.3, -0.25) is 4.90 Å². The van der Waals surface area contributed by atoms with Gasteiger partial charge in [0.1, 0.15) is 0 Å². The Balaban J connectivity index is 2.40. The summed E-state index contributed by atoms with van der Waals surface area (Å²) in [5.41, 5.74) is 0. The predicted octanol–water partition coefficient (Wildman–Crippen LogP) is 1.90. The van der Waals surface area contributed by atoms with Crippen LogP contribution in [0.2, 0.25) is 0 Å². The van der Waals surface area contributed by atoms with Crippen LogP contribution in [0.4, 0.5) is 0 Å². The molecule has 1 rings (SSSR count). The van der Waals surface area contributed by atoms with Gasteiger partial charge in [0.05, 0.1) is 6.61 Å². The zero-order valence-electron chi connectivity index (χ0n) is 11.6. The largest absolute Gasteiger partial charge is 0.383 e. The molecule has 0 spiro atoms. The molecule has 0 bridgehead atoms. The molecule has 0 heterocycles. The van der Waals surface area contributed by atoms with Gasteiger partial charge < -0.3 is 10.1 Å². The van der Waals surface area contributed by atoms with Crippen LogP contribution >= 0.6 is 0 Å². The second kappa shape index (κ2) is 7.85. The van der Waals surface area contributed by atoms with E-state index in [-0.39, 0.29) is 0 Å². The van der Waals surface area contributed by atoms with Gasteiger partial charge in [-0.25, -0.2) is 0 Å². The van der Waals surface area contributed by atoms with E-state index in [9.17, 15) is 0 Å². The fourth-order valence-electron chi connectivity index (χ4n) is 2.15. The van der Waals surface area contributed by atoms with E-state index in [0.717, 1.165) is 32.3 Å². The summed E-state index contributed by atoms with van der Waals surface area (Å²) < 4.78 is 5.35. The van der Waals surface area contributed by atoms with E-state index in [1.807, 2.05) is 6.08 Å². The highest BCUT2D eigenvalue weighted by Gasteiger charge is 2.32. The Morgan fingerprint density at radius 1 is 1.41 bits per heavy atom. The van der Waals surface area contributed by atoms with E-state index in [1.165, 1.54) is 12.8 Å². The second-order valence-electron chi connectivity index (χ2n) is 5.38. The van der Waals surface area contributed by atoms with Crippen molar-refractivity contribution in [2.45, 2.75) is 38.8 Å². The van der Waals surface area contributed by atoms with Gasteiger partial charge in [-0.05, 0) is 25.3 Å². The number of hydrogen-bond acceptors (Lipinski definition) is 3. The highest BCUT2D eigenvalue weighted by Crippen LogP contribution is 2.28. The van der Waals surface area contributed by atoms with Crippen molar-refractivity contribution in [2.24, 2.45) is 5.92 Å². The molecule has 0 aromatic heterocycles. The van der Waals surface area contributed by atoms with Gasteiger partial charge in [-0.15, -0.1) is 6.58 Å². The molecule has 1 atom stereocenters. The Kier molecular flexibility index (Phi) is 6.78. The van der Waals surface area contributed by atoms with E-state index in [4.69, 9.17) is 4.74 Å². The minimum absolute atomic E-state index is 0.476. The smallest absolute Gasteiger partial charge is 0.0630 e. The number of ether oxygens (including phenoxy) is 1. The molecule has 1 unspecified atom stereocenters. The third kappa shape index (κ3) is 5.66. The molecule has 1 aliphatic carbocycles. The molecule has 0 radical (unpaired) electrons. The molecule has 1 saturated carbocycles. The van der Waals surface area contributed by atoms with Gasteiger partial charge in [0, 0.05) is 32.3 Å². The quantitative estimate of drug-likeness (QED) is 0.590. The van der Waals surface area contributed by atoms with Gasteiger partial charge in [0.25, 0.3) is 0 Å². The molecule has 0 aliphatic heterocycles. The Hall–Kier alpha value is -0.380. The predicted molar refractivity (Wildman–Crippen MR) is 73.3 cm³/mol. The summed E-state index contributed by atoms with van der Waals surface area (Å²) >= 11 is 0. The first-order chi connectivity index (χ1) is 8.19. The standard InChI is InChI=1S/C14H28N2O/c1-5-8-16(13-6-7-13)14(11-17-4)10-15-9-12(2)3/h5,12-15H,1,6-11H2,2-4H3. The summed E-state index contributed by atoms with van der Waals surface area (Å²) in [7, 11) is 1.79. The molecule has 0 aromatic carbocycles. The topological polar surface area (TPSA) is 24.5 Å². The van der Waals surface area contributed by atoms with Crippen LogP contribution in [0.5, 0.6) is 0 Å². The minimum atomic E-state index is 0.476. The van der Waals surface area contributed by atoms with Crippen LogP contribution in [0.15, 0.2) is 12.7 Å². The van der Waals surface area contributed by atoms with E-state index >= 15 is 0 Å². The third-order valence-corrected chi connectivity index (χ3v) is 3.12. The monoisotopic (exact) mass is 240 g/mol. The number of nitrogens with zero attached hydrogens (tertiary/aromatic N) is 1. The number of hydrogen-bond donors (Lipinski definition) is 1. The Morgan fingerprint density at radius 2 is 2.12 bits per heavy atom. The van der Waals surface area contributed by atoms with Gasteiger partial charge in [-0.1, -0.05) is 19.9 Å². The van der Waals surface area contributed by atoms with Crippen molar-refractivity contribution < 1.29 is 4.74 Å². The summed E-state index contributed by atoms with van der Waals surface area (Å²) in [4.78, 5) is 2.53.